The van der Waals surface area contributed by atoms with Crippen LogP contribution in [-0.2, 0) is 10.9 Å². The van der Waals surface area contributed by atoms with Gasteiger partial charge in [0.15, 0.2) is 5.96 Å². The standard InChI is InChI=1S/C19H27F3N4O/c1-13-11-16(13)25-18(23-2)24-12-17(26-7-9-27-10-8-26)14-3-5-15(6-4-14)19(20,21)22/h3-6,13,16-17H,7-12H2,1-2H3,(H2,23,24,25). The van der Waals surface area contributed by atoms with Crippen molar-refractivity contribution in [2.75, 3.05) is 39.9 Å². The highest BCUT2D eigenvalue weighted by molar-refractivity contribution is 5.80. The van der Waals surface area contributed by atoms with E-state index in [-0.39, 0.29) is 6.04 Å². The molecule has 0 aromatic heterocycles. The van der Waals surface area contributed by atoms with E-state index < -0.39 is 11.7 Å². The van der Waals surface area contributed by atoms with Crippen LogP contribution in [0.5, 0.6) is 0 Å². The van der Waals surface area contributed by atoms with Crippen LogP contribution >= 0.6 is 0 Å². The molecule has 2 aliphatic rings. The lowest BCUT2D eigenvalue weighted by Gasteiger charge is -2.35. The van der Waals surface area contributed by atoms with Crippen molar-refractivity contribution >= 4 is 5.96 Å². The maximum Gasteiger partial charge on any atom is 0.416 e. The molecule has 1 aliphatic carbocycles. The van der Waals surface area contributed by atoms with Gasteiger partial charge in [-0.1, -0.05) is 19.1 Å². The molecule has 1 aliphatic heterocycles. The lowest BCUT2D eigenvalue weighted by molar-refractivity contribution is -0.137. The summed E-state index contributed by atoms with van der Waals surface area (Å²) in [5, 5.41) is 6.71. The first-order valence-corrected chi connectivity index (χ1v) is 9.34. The minimum absolute atomic E-state index is 0.0497. The van der Waals surface area contributed by atoms with E-state index in [1.165, 1.54) is 0 Å². The molecule has 1 aromatic rings. The summed E-state index contributed by atoms with van der Waals surface area (Å²) in [5.41, 5.74) is 0.229. The molecule has 5 nitrogen and oxygen atoms in total. The zero-order valence-corrected chi connectivity index (χ0v) is 15.7. The van der Waals surface area contributed by atoms with Crippen molar-refractivity contribution in [2.45, 2.75) is 31.6 Å². The van der Waals surface area contributed by atoms with Crippen LogP contribution in [0.1, 0.15) is 30.5 Å². The van der Waals surface area contributed by atoms with E-state index in [0.29, 0.717) is 31.7 Å². The molecule has 1 saturated carbocycles. The molecule has 2 fully saturated rings. The van der Waals surface area contributed by atoms with Crippen molar-refractivity contribution in [2.24, 2.45) is 10.9 Å². The predicted octanol–water partition coefficient (Wildman–Crippen LogP) is 2.65. The minimum atomic E-state index is -4.32. The van der Waals surface area contributed by atoms with E-state index in [4.69, 9.17) is 4.74 Å². The largest absolute Gasteiger partial charge is 0.416 e. The van der Waals surface area contributed by atoms with Gasteiger partial charge in [-0.05, 0) is 30.0 Å². The average molecular weight is 384 g/mol. The summed E-state index contributed by atoms with van der Waals surface area (Å²) in [6.45, 7) is 5.50. The Labute approximate surface area is 158 Å². The number of ether oxygens (including phenoxy) is 1. The molecule has 0 amide bonds. The van der Waals surface area contributed by atoms with Crippen LogP contribution in [0.4, 0.5) is 13.2 Å². The fraction of sp³-hybridized carbons (Fsp3) is 0.632. The van der Waals surface area contributed by atoms with Crippen molar-refractivity contribution in [1.82, 2.24) is 15.5 Å². The Morgan fingerprint density at radius 3 is 2.41 bits per heavy atom. The van der Waals surface area contributed by atoms with E-state index in [1.54, 1.807) is 19.2 Å². The molecule has 1 heterocycles. The van der Waals surface area contributed by atoms with Gasteiger partial charge in [-0.3, -0.25) is 9.89 Å². The van der Waals surface area contributed by atoms with Crippen LogP contribution in [0.25, 0.3) is 0 Å². The van der Waals surface area contributed by atoms with Gasteiger partial charge in [0.05, 0.1) is 24.8 Å². The molecule has 1 saturated heterocycles. The summed E-state index contributed by atoms with van der Waals surface area (Å²) in [6.07, 6.45) is -3.19. The maximum atomic E-state index is 12.9. The third-order valence-electron chi connectivity index (χ3n) is 5.23. The first kappa shape index (κ1) is 19.9. The zero-order valence-electron chi connectivity index (χ0n) is 15.7. The van der Waals surface area contributed by atoms with Crippen LogP contribution in [-0.4, -0.2) is 56.8 Å². The average Bonchev–Trinajstić information content (AvgIpc) is 3.36. The van der Waals surface area contributed by atoms with Gasteiger partial charge in [0.2, 0.25) is 0 Å². The van der Waals surface area contributed by atoms with E-state index in [0.717, 1.165) is 43.2 Å². The lowest BCUT2D eigenvalue weighted by atomic mass is 10.0. The molecule has 3 rings (SSSR count). The summed E-state index contributed by atoms with van der Waals surface area (Å²) in [5.74, 6) is 1.38. The number of halogens is 3. The van der Waals surface area contributed by atoms with Crippen LogP contribution in [0.2, 0.25) is 0 Å². The third-order valence-corrected chi connectivity index (χ3v) is 5.23. The lowest BCUT2D eigenvalue weighted by Crippen LogP contribution is -2.46. The van der Waals surface area contributed by atoms with E-state index in [1.807, 2.05) is 0 Å². The summed E-state index contributed by atoms with van der Waals surface area (Å²) in [6, 6.07) is 5.85. The minimum Gasteiger partial charge on any atom is -0.379 e. The second-order valence-corrected chi connectivity index (χ2v) is 7.20. The quantitative estimate of drug-likeness (QED) is 0.605. The van der Waals surface area contributed by atoms with E-state index >= 15 is 0 Å². The number of hydrogen-bond donors (Lipinski definition) is 2. The smallest absolute Gasteiger partial charge is 0.379 e. The number of nitrogens with zero attached hydrogens (tertiary/aromatic N) is 2. The number of benzene rings is 1. The Morgan fingerprint density at radius 1 is 1.26 bits per heavy atom. The molecule has 0 spiro atoms. The number of guanidine groups is 1. The molecule has 0 bridgehead atoms. The molecular formula is C19H27F3N4O. The Bertz CT molecular complexity index is 641. The highest BCUT2D eigenvalue weighted by atomic mass is 19.4. The van der Waals surface area contributed by atoms with Crippen LogP contribution < -0.4 is 10.6 Å². The van der Waals surface area contributed by atoms with Gasteiger partial charge in [0.25, 0.3) is 0 Å². The monoisotopic (exact) mass is 384 g/mol. The molecule has 3 atom stereocenters. The molecule has 3 unspecified atom stereocenters. The topological polar surface area (TPSA) is 48.9 Å². The SMILES string of the molecule is CN=C(NCC(c1ccc(C(F)(F)F)cc1)N1CCOCC1)NC1CC1C. The van der Waals surface area contributed by atoms with Crippen molar-refractivity contribution in [3.8, 4) is 0 Å². The molecule has 1 aromatic carbocycles. The Hall–Kier alpha value is -1.80. The van der Waals surface area contributed by atoms with Gasteiger partial charge in [-0.25, -0.2) is 0 Å². The first-order valence-electron chi connectivity index (χ1n) is 9.34. The summed E-state index contributed by atoms with van der Waals surface area (Å²) in [4.78, 5) is 6.50. The second kappa shape index (κ2) is 8.48. The molecule has 8 heteroatoms. The number of aliphatic imine (C=N–C) groups is 1. The van der Waals surface area contributed by atoms with Crippen LogP contribution in [0, 0.1) is 5.92 Å². The summed E-state index contributed by atoms with van der Waals surface area (Å²) < 4.78 is 44.0. The zero-order chi connectivity index (χ0) is 19.4. The van der Waals surface area contributed by atoms with Crippen molar-refractivity contribution < 1.29 is 17.9 Å². The van der Waals surface area contributed by atoms with Gasteiger partial charge < -0.3 is 15.4 Å². The normalized spacial score (nSPS) is 25.1. The molecule has 2 N–H and O–H groups in total. The molecular weight excluding hydrogens is 357 g/mol. The number of alkyl halides is 3. The first-order chi connectivity index (χ1) is 12.9. The second-order valence-electron chi connectivity index (χ2n) is 7.20. The van der Waals surface area contributed by atoms with E-state index in [2.05, 4.69) is 27.4 Å². The van der Waals surface area contributed by atoms with Crippen molar-refractivity contribution in [3.05, 3.63) is 35.4 Å². The highest BCUT2D eigenvalue weighted by Crippen LogP contribution is 2.31. The fourth-order valence-electron chi connectivity index (χ4n) is 3.33. The molecule has 0 radical (unpaired) electrons. The highest BCUT2D eigenvalue weighted by Gasteiger charge is 2.34. The summed E-state index contributed by atoms with van der Waals surface area (Å²) in [7, 11) is 1.73. The van der Waals surface area contributed by atoms with Crippen LogP contribution in [0.15, 0.2) is 29.3 Å². The molecule has 150 valence electrons. The Morgan fingerprint density at radius 2 is 1.89 bits per heavy atom. The number of rotatable bonds is 5. The fourth-order valence-corrected chi connectivity index (χ4v) is 3.33. The van der Waals surface area contributed by atoms with Gasteiger partial charge in [-0.2, -0.15) is 13.2 Å². The number of nitrogens with one attached hydrogen (secondary N) is 2. The van der Waals surface area contributed by atoms with Crippen molar-refractivity contribution in [3.63, 3.8) is 0 Å². The van der Waals surface area contributed by atoms with Gasteiger partial charge >= 0.3 is 6.18 Å². The number of morpholine rings is 1. The Balaban J connectivity index is 1.70. The van der Waals surface area contributed by atoms with Gasteiger partial charge in [0, 0.05) is 32.7 Å². The third kappa shape index (κ3) is 5.35. The van der Waals surface area contributed by atoms with Crippen molar-refractivity contribution in [1.29, 1.82) is 0 Å². The number of hydrogen-bond acceptors (Lipinski definition) is 3. The Kier molecular flexibility index (Phi) is 6.26. The van der Waals surface area contributed by atoms with Crippen LogP contribution in [0.3, 0.4) is 0 Å². The molecule has 27 heavy (non-hydrogen) atoms. The van der Waals surface area contributed by atoms with E-state index in [9.17, 15) is 13.2 Å². The van der Waals surface area contributed by atoms with Gasteiger partial charge in [0.1, 0.15) is 0 Å². The van der Waals surface area contributed by atoms with Gasteiger partial charge in [-0.15, -0.1) is 0 Å². The predicted molar refractivity (Wildman–Crippen MR) is 98.6 cm³/mol. The maximum absolute atomic E-state index is 12.9. The summed E-state index contributed by atoms with van der Waals surface area (Å²) >= 11 is 0.